The summed E-state index contributed by atoms with van der Waals surface area (Å²) >= 11 is 0. The van der Waals surface area contributed by atoms with Crippen molar-refractivity contribution in [2.75, 3.05) is 33.0 Å². The molecule has 2 heterocycles. The Kier molecular flexibility index (Phi) is 53.1. The van der Waals surface area contributed by atoms with Crippen molar-refractivity contribution < 1.29 is 69.0 Å². The Morgan fingerprint density at radius 1 is 0.400 bits per heavy atom. The first-order valence-electron chi connectivity index (χ1n) is 35.2. The van der Waals surface area contributed by atoms with Crippen LogP contribution in [0.25, 0.3) is 0 Å². The third kappa shape index (κ3) is 42.6. The Hall–Kier alpha value is -2.05. The monoisotopic (exact) mass is 1210 g/mol. The summed E-state index contributed by atoms with van der Waals surface area (Å²) in [7, 11) is 0. The molecule has 11 atom stereocenters. The van der Waals surface area contributed by atoms with E-state index in [1.165, 1.54) is 199 Å². The Morgan fingerprint density at radius 3 is 1.20 bits per heavy atom. The third-order valence-corrected chi connectivity index (χ3v) is 16.9. The molecule has 498 valence electrons. The highest BCUT2D eigenvalue weighted by Gasteiger charge is 2.47. The largest absolute Gasteiger partial charge is 0.457 e. The summed E-state index contributed by atoms with van der Waals surface area (Å²) in [4.78, 5) is 13.2. The summed E-state index contributed by atoms with van der Waals surface area (Å²) in [5.74, 6) is -0.373. The average Bonchev–Trinajstić information content (AvgIpc) is 3.68. The number of rotatable bonds is 59. The van der Waals surface area contributed by atoms with Crippen molar-refractivity contribution in [3.8, 4) is 0 Å². The third-order valence-electron chi connectivity index (χ3n) is 16.9. The maximum atomic E-state index is 13.2. The van der Waals surface area contributed by atoms with E-state index in [0.29, 0.717) is 13.0 Å². The van der Waals surface area contributed by atoms with Gasteiger partial charge in [-0.2, -0.15) is 0 Å². The summed E-state index contributed by atoms with van der Waals surface area (Å²) < 4.78 is 34.6. The Labute approximate surface area is 518 Å². The van der Waals surface area contributed by atoms with Gasteiger partial charge in [-0.05, 0) is 51.4 Å². The molecule has 2 fully saturated rings. The predicted molar refractivity (Wildman–Crippen MR) is 344 cm³/mol. The summed E-state index contributed by atoms with van der Waals surface area (Å²) in [6, 6.07) is 0. The molecule has 2 aliphatic rings. The number of unbranched alkanes of at least 4 members (excludes halogenated alkanes) is 37. The first-order chi connectivity index (χ1) is 41.6. The molecule has 85 heavy (non-hydrogen) atoms. The predicted octanol–water partition coefficient (Wildman–Crippen LogP) is 15.0. The SMILES string of the molecule is CC/C=C\C/C=C\C/C=C\C/C=C\CCCCCCCCCCCCCCC(=O)OC(COCCCCCCCCCCCCCCCCCCCCCCCCCCCC)COC1OC(COC2OC(CO)C(O)C(O)C2O)C(O)C(O)C1O. The lowest BCUT2D eigenvalue weighted by Gasteiger charge is -2.42. The van der Waals surface area contributed by atoms with Crippen LogP contribution >= 0.6 is 0 Å². The molecule has 14 heteroatoms. The van der Waals surface area contributed by atoms with E-state index < -0.39 is 80.7 Å². The lowest BCUT2D eigenvalue weighted by atomic mass is 9.98. The zero-order chi connectivity index (χ0) is 61.5. The molecule has 2 saturated heterocycles. The topological polar surface area (TPSA) is 214 Å². The summed E-state index contributed by atoms with van der Waals surface area (Å²) in [6.45, 7) is 3.64. The van der Waals surface area contributed by atoms with Gasteiger partial charge in [0.1, 0.15) is 54.9 Å². The van der Waals surface area contributed by atoms with Gasteiger partial charge in [-0.15, -0.1) is 0 Å². The first-order valence-corrected chi connectivity index (χ1v) is 35.2. The molecular formula is C71H130O14. The van der Waals surface area contributed by atoms with E-state index in [9.17, 15) is 40.5 Å². The summed E-state index contributed by atoms with van der Waals surface area (Å²) in [5, 5.41) is 72.6. The van der Waals surface area contributed by atoms with Gasteiger partial charge < -0.3 is 64.2 Å². The van der Waals surface area contributed by atoms with Gasteiger partial charge in [-0.3, -0.25) is 4.79 Å². The van der Waals surface area contributed by atoms with Gasteiger partial charge in [0.05, 0.1) is 26.4 Å². The Balaban J connectivity index is 1.63. The van der Waals surface area contributed by atoms with E-state index in [-0.39, 0.29) is 25.6 Å². The molecule has 0 radical (unpaired) electrons. The maximum Gasteiger partial charge on any atom is 0.306 e. The molecular weight excluding hydrogens is 1080 g/mol. The van der Waals surface area contributed by atoms with Gasteiger partial charge in [-0.1, -0.05) is 287 Å². The molecule has 0 amide bonds. The van der Waals surface area contributed by atoms with Crippen molar-refractivity contribution in [2.24, 2.45) is 0 Å². The van der Waals surface area contributed by atoms with Crippen molar-refractivity contribution in [1.29, 1.82) is 0 Å². The molecule has 0 aliphatic carbocycles. The Bertz CT molecular complexity index is 1590. The van der Waals surface area contributed by atoms with Crippen LogP contribution in [0.4, 0.5) is 0 Å². The van der Waals surface area contributed by atoms with Crippen molar-refractivity contribution in [3.63, 3.8) is 0 Å². The van der Waals surface area contributed by atoms with E-state index in [0.717, 1.165) is 70.6 Å². The second kappa shape index (κ2) is 57.1. The van der Waals surface area contributed by atoms with Gasteiger partial charge in [0.15, 0.2) is 12.6 Å². The normalized spacial score (nSPS) is 23.4. The van der Waals surface area contributed by atoms with Crippen molar-refractivity contribution >= 4 is 5.97 Å². The number of aliphatic hydroxyl groups excluding tert-OH is 7. The van der Waals surface area contributed by atoms with Crippen LogP contribution in [0.15, 0.2) is 48.6 Å². The molecule has 11 unspecified atom stereocenters. The van der Waals surface area contributed by atoms with Crippen LogP contribution in [-0.2, 0) is 33.2 Å². The molecule has 0 aromatic rings. The molecule has 0 bridgehead atoms. The second-order valence-corrected chi connectivity index (χ2v) is 24.7. The summed E-state index contributed by atoms with van der Waals surface area (Å²) in [5.41, 5.74) is 0. The lowest BCUT2D eigenvalue weighted by Crippen LogP contribution is -2.61. The molecule has 7 N–H and O–H groups in total. The highest BCUT2D eigenvalue weighted by Crippen LogP contribution is 2.27. The van der Waals surface area contributed by atoms with Gasteiger partial charge in [-0.25, -0.2) is 0 Å². The second-order valence-electron chi connectivity index (χ2n) is 24.7. The smallest absolute Gasteiger partial charge is 0.306 e. The van der Waals surface area contributed by atoms with Gasteiger partial charge in [0, 0.05) is 13.0 Å². The number of carbonyl (C=O) groups is 1. The molecule has 2 rings (SSSR count). The van der Waals surface area contributed by atoms with Gasteiger partial charge >= 0.3 is 5.97 Å². The molecule has 0 saturated carbocycles. The maximum absolute atomic E-state index is 13.2. The van der Waals surface area contributed by atoms with E-state index >= 15 is 0 Å². The van der Waals surface area contributed by atoms with Gasteiger partial charge in [0.2, 0.25) is 0 Å². The highest BCUT2D eigenvalue weighted by molar-refractivity contribution is 5.69. The molecule has 0 aromatic carbocycles. The van der Waals surface area contributed by atoms with E-state index in [4.69, 9.17) is 28.4 Å². The molecule has 2 aliphatic heterocycles. The lowest BCUT2D eigenvalue weighted by molar-refractivity contribution is -0.332. The van der Waals surface area contributed by atoms with Crippen LogP contribution in [0, 0.1) is 0 Å². The standard InChI is InChI=1S/C71H130O14/c1-3-5-7-9-11-13-15-17-19-21-23-25-27-29-31-33-35-37-39-41-43-45-47-49-51-53-55-80-57-60(58-81-70-69(79)67(77)65(75)62(85-70)59-82-71-68(78)66(76)64(74)61(56-72)84-71)83-63(73)54-52-50-48-46-44-42-40-38-36-34-32-30-28-26-24-22-20-18-16-14-12-10-8-6-4-2/h6,8,12,14,18,20,24,26,60-62,64-72,74-79H,3-5,7,9-11,13,15-17,19,21-23,25,27-59H2,1-2H3/b8-6-,14-12-,20-18-,26-24-. The molecule has 0 spiro atoms. The van der Waals surface area contributed by atoms with Crippen LogP contribution in [0.5, 0.6) is 0 Å². The van der Waals surface area contributed by atoms with Crippen LogP contribution < -0.4 is 0 Å². The number of hydrogen-bond donors (Lipinski definition) is 7. The van der Waals surface area contributed by atoms with E-state index in [1.54, 1.807) is 0 Å². The Morgan fingerprint density at radius 2 is 0.765 bits per heavy atom. The number of hydrogen-bond acceptors (Lipinski definition) is 14. The molecule has 14 nitrogen and oxygen atoms in total. The number of carbonyl (C=O) groups excluding carboxylic acids is 1. The fourth-order valence-electron chi connectivity index (χ4n) is 11.3. The minimum atomic E-state index is -1.71. The zero-order valence-corrected chi connectivity index (χ0v) is 54.1. The quantitative estimate of drug-likeness (QED) is 0.0171. The zero-order valence-electron chi connectivity index (χ0n) is 54.1. The van der Waals surface area contributed by atoms with Gasteiger partial charge in [0.25, 0.3) is 0 Å². The first kappa shape index (κ1) is 79.0. The summed E-state index contributed by atoms with van der Waals surface area (Å²) in [6.07, 6.45) is 56.2. The van der Waals surface area contributed by atoms with Crippen molar-refractivity contribution in [1.82, 2.24) is 0 Å². The fraction of sp³-hybridized carbons (Fsp3) is 0.873. The minimum Gasteiger partial charge on any atom is -0.457 e. The number of ether oxygens (including phenoxy) is 6. The van der Waals surface area contributed by atoms with Crippen LogP contribution in [0.3, 0.4) is 0 Å². The average molecular weight is 1210 g/mol. The number of allylic oxidation sites excluding steroid dienone is 8. The van der Waals surface area contributed by atoms with Crippen LogP contribution in [-0.4, -0.2) is 142 Å². The molecule has 0 aromatic heterocycles. The van der Waals surface area contributed by atoms with Crippen molar-refractivity contribution in [3.05, 3.63) is 48.6 Å². The fourth-order valence-corrected chi connectivity index (χ4v) is 11.3. The van der Waals surface area contributed by atoms with E-state index in [2.05, 4.69) is 62.5 Å². The van der Waals surface area contributed by atoms with Crippen LogP contribution in [0.1, 0.15) is 296 Å². The number of esters is 1. The number of aliphatic hydroxyl groups is 7. The van der Waals surface area contributed by atoms with E-state index in [1.807, 2.05) is 0 Å². The minimum absolute atomic E-state index is 0.0643. The van der Waals surface area contributed by atoms with Crippen molar-refractivity contribution in [2.45, 2.75) is 364 Å². The van der Waals surface area contributed by atoms with Crippen LogP contribution in [0.2, 0.25) is 0 Å². The highest BCUT2D eigenvalue weighted by atomic mass is 16.7.